The number of anilines is 1. The highest BCUT2D eigenvalue weighted by Gasteiger charge is 2.21. The first-order valence-corrected chi connectivity index (χ1v) is 9.56. The van der Waals surface area contributed by atoms with Crippen LogP contribution in [0.1, 0.15) is 6.92 Å². The lowest BCUT2D eigenvalue weighted by molar-refractivity contribution is -0.101. The van der Waals surface area contributed by atoms with Crippen molar-refractivity contribution in [3.63, 3.8) is 0 Å². The molecule has 2 aromatic rings. The number of para-hydroxylation sites is 1. The van der Waals surface area contributed by atoms with E-state index in [1.54, 1.807) is 6.26 Å². The molecule has 1 N–H and O–H groups in total. The molecular formula is C20H23ClN2O4. The smallest absolute Gasteiger partial charge is 0.145 e. The van der Waals surface area contributed by atoms with Gasteiger partial charge in [-0.05, 0) is 18.2 Å². The second-order valence-electron chi connectivity index (χ2n) is 6.77. The van der Waals surface area contributed by atoms with Crippen molar-refractivity contribution in [3.05, 3.63) is 41.8 Å². The molecule has 6 nitrogen and oxygen atoms in total. The Balaban J connectivity index is 1.52. The summed E-state index contributed by atoms with van der Waals surface area (Å²) in [6.07, 6.45) is 3.86. The van der Waals surface area contributed by atoms with E-state index in [1.807, 2.05) is 24.3 Å². The van der Waals surface area contributed by atoms with Gasteiger partial charge in [-0.3, -0.25) is 0 Å². The summed E-state index contributed by atoms with van der Waals surface area (Å²) in [7, 11) is 0. The van der Waals surface area contributed by atoms with Gasteiger partial charge in [0.05, 0.1) is 32.6 Å². The van der Waals surface area contributed by atoms with Gasteiger partial charge in [0.25, 0.3) is 0 Å². The van der Waals surface area contributed by atoms with Crippen LogP contribution in [0.25, 0.3) is 10.9 Å². The summed E-state index contributed by atoms with van der Waals surface area (Å²) in [5.41, 5.74) is 1.64. The maximum absolute atomic E-state index is 6.27. The highest BCUT2D eigenvalue weighted by Crippen LogP contribution is 2.32. The number of pyridine rings is 1. The van der Waals surface area contributed by atoms with E-state index >= 15 is 0 Å². The summed E-state index contributed by atoms with van der Waals surface area (Å²) in [6.45, 7) is 5.00. The maximum atomic E-state index is 6.27. The van der Waals surface area contributed by atoms with E-state index in [0.717, 1.165) is 16.6 Å². The van der Waals surface area contributed by atoms with Crippen molar-refractivity contribution in [2.24, 2.45) is 5.92 Å². The van der Waals surface area contributed by atoms with Crippen LogP contribution in [-0.2, 0) is 14.2 Å². The van der Waals surface area contributed by atoms with Gasteiger partial charge in [0, 0.05) is 17.0 Å². The summed E-state index contributed by atoms with van der Waals surface area (Å²) >= 11 is 6.27. The van der Waals surface area contributed by atoms with E-state index in [9.17, 15) is 0 Å². The molecule has 0 bridgehead atoms. The zero-order valence-electron chi connectivity index (χ0n) is 15.2. The number of rotatable bonds is 6. The minimum atomic E-state index is -0.0701. The van der Waals surface area contributed by atoms with Gasteiger partial charge in [0.15, 0.2) is 0 Å². The topological polar surface area (TPSA) is 61.8 Å². The minimum Gasteiger partial charge on any atom is -0.496 e. The van der Waals surface area contributed by atoms with Crippen molar-refractivity contribution in [2.75, 3.05) is 38.3 Å². The van der Waals surface area contributed by atoms with Crippen molar-refractivity contribution in [1.29, 1.82) is 0 Å². The lowest BCUT2D eigenvalue weighted by atomic mass is 10.1. The lowest BCUT2D eigenvalue weighted by Gasteiger charge is -2.23. The first-order chi connectivity index (χ1) is 13.2. The fraction of sp³-hybridized carbons (Fsp3) is 0.450. The molecule has 0 amide bonds. The Labute approximate surface area is 163 Å². The molecule has 144 valence electrons. The zero-order chi connectivity index (χ0) is 18.6. The van der Waals surface area contributed by atoms with Crippen molar-refractivity contribution in [1.82, 2.24) is 4.98 Å². The van der Waals surface area contributed by atoms with E-state index in [2.05, 4.69) is 23.3 Å². The standard InChI is InChI=1S/C20H23ClN2O4/c1-13-5-6-26-18(13)10-22-16-9-19(21)23-20-15(16)3-2-4-17(20)27-12-14-11-24-7-8-25-14/h2-6,9,13-14,18H,7-8,10-12H2,1H3,(H,22,23). The van der Waals surface area contributed by atoms with Crippen molar-refractivity contribution < 1.29 is 18.9 Å². The summed E-state index contributed by atoms with van der Waals surface area (Å²) in [5.74, 6) is 1.05. The van der Waals surface area contributed by atoms with Crippen LogP contribution in [0.15, 0.2) is 36.6 Å². The normalized spacial score (nSPS) is 24.7. The Hall–Kier alpha value is -2.02. The summed E-state index contributed by atoms with van der Waals surface area (Å²) in [6, 6.07) is 7.68. The van der Waals surface area contributed by atoms with E-state index in [4.69, 9.17) is 30.5 Å². The third-order valence-corrected chi connectivity index (χ3v) is 4.99. The number of nitrogens with one attached hydrogen (secondary N) is 1. The predicted octanol–water partition coefficient (Wildman–Crippen LogP) is 3.64. The third-order valence-electron chi connectivity index (χ3n) is 4.80. The van der Waals surface area contributed by atoms with Crippen molar-refractivity contribution >= 4 is 28.2 Å². The molecule has 0 radical (unpaired) electrons. The Morgan fingerprint density at radius 1 is 1.33 bits per heavy atom. The third kappa shape index (κ3) is 4.29. The second-order valence-corrected chi connectivity index (χ2v) is 7.15. The predicted molar refractivity (Wildman–Crippen MR) is 104 cm³/mol. The minimum absolute atomic E-state index is 0.0701. The number of nitrogens with zero attached hydrogens (tertiary/aromatic N) is 1. The van der Waals surface area contributed by atoms with Crippen LogP contribution < -0.4 is 10.1 Å². The fourth-order valence-corrected chi connectivity index (χ4v) is 3.43. The van der Waals surface area contributed by atoms with Gasteiger partial charge in [-0.1, -0.05) is 30.7 Å². The largest absolute Gasteiger partial charge is 0.496 e. The average molecular weight is 391 g/mol. The molecule has 1 aromatic carbocycles. The number of hydrogen-bond donors (Lipinski definition) is 1. The fourth-order valence-electron chi connectivity index (χ4n) is 3.23. The number of fused-ring (bicyclic) bond motifs is 1. The van der Waals surface area contributed by atoms with Crippen LogP contribution in [-0.4, -0.2) is 50.2 Å². The van der Waals surface area contributed by atoms with Crippen LogP contribution in [0.3, 0.4) is 0 Å². The van der Waals surface area contributed by atoms with E-state index in [1.165, 1.54) is 0 Å². The van der Waals surface area contributed by atoms with Gasteiger partial charge in [-0.2, -0.15) is 0 Å². The molecule has 3 atom stereocenters. The Morgan fingerprint density at radius 3 is 3.04 bits per heavy atom. The van der Waals surface area contributed by atoms with Crippen LogP contribution in [0.4, 0.5) is 5.69 Å². The monoisotopic (exact) mass is 390 g/mol. The number of halogens is 1. The Morgan fingerprint density at radius 2 is 2.26 bits per heavy atom. The Bertz CT molecular complexity index is 823. The molecule has 1 aromatic heterocycles. The van der Waals surface area contributed by atoms with Crippen LogP contribution in [0, 0.1) is 5.92 Å². The van der Waals surface area contributed by atoms with Gasteiger partial charge < -0.3 is 24.3 Å². The van der Waals surface area contributed by atoms with Crippen LogP contribution >= 0.6 is 11.6 Å². The van der Waals surface area contributed by atoms with Gasteiger partial charge >= 0.3 is 0 Å². The van der Waals surface area contributed by atoms with Gasteiger partial charge in [-0.25, -0.2) is 4.98 Å². The highest BCUT2D eigenvalue weighted by atomic mass is 35.5. The van der Waals surface area contributed by atoms with E-state index in [-0.39, 0.29) is 12.2 Å². The number of ether oxygens (including phenoxy) is 4. The molecule has 2 aliphatic rings. The number of aromatic nitrogens is 1. The van der Waals surface area contributed by atoms with Gasteiger partial charge in [0.2, 0.25) is 0 Å². The SMILES string of the molecule is CC1C=COC1CNc1cc(Cl)nc2c(OCC3COCCO3)cccc12. The quantitative estimate of drug-likeness (QED) is 0.760. The summed E-state index contributed by atoms with van der Waals surface area (Å²) < 4.78 is 22.6. The molecule has 1 saturated heterocycles. The molecule has 4 rings (SSSR count). The van der Waals surface area contributed by atoms with Crippen molar-refractivity contribution in [3.8, 4) is 5.75 Å². The molecule has 0 saturated carbocycles. The van der Waals surface area contributed by atoms with Gasteiger partial charge in [0.1, 0.15) is 35.2 Å². The molecule has 0 aliphatic carbocycles. The van der Waals surface area contributed by atoms with Crippen molar-refractivity contribution in [2.45, 2.75) is 19.1 Å². The molecule has 3 unspecified atom stereocenters. The molecule has 2 aliphatic heterocycles. The highest BCUT2D eigenvalue weighted by molar-refractivity contribution is 6.30. The molecule has 0 spiro atoms. The van der Waals surface area contributed by atoms with E-state index < -0.39 is 0 Å². The summed E-state index contributed by atoms with van der Waals surface area (Å²) in [4.78, 5) is 4.48. The Kier molecular flexibility index (Phi) is 5.66. The van der Waals surface area contributed by atoms with Crippen LogP contribution in [0.2, 0.25) is 5.15 Å². The maximum Gasteiger partial charge on any atom is 0.145 e. The first kappa shape index (κ1) is 18.3. The van der Waals surface area contributed by atoms with Gasteiger partial charge in [-0.15, -0.1) is 0 Å². The zero-order valence-corrected chi connectivity index (χ0v) is 15.9. The number of hydrogen-bond acceptors (Lipinski definition) is 6. The molecular weight excluding hydrogens is 368 g/mol. The lowest BCUT2D eigenvalue weighted by Crippen LogP contribution is -2.33. The molecule has 7 heteroatoms. The number of benzene rings is 1. The molecule has 1 fully saturated rings. The first-order valence-electron chi connectivity index (χ1n) is 9.18. The molecule has 27 heavy (non-hydrogen) atoms. The van der Waals surface area contributed by atoms with E-state index in [0.29, 0.717) is 49.8 Å². The molecule has 3 heterocycles. The second kappa shape index (κ2) is 8.33. The summed E-state index contributed by atoms with van der Waals surface area (Å²) in [5, 5.41) is 4.81. The average Bonchev–Trinajstić information content (AvgIpc) is 3.10. The van der Waals surface area contributed by atoms with Crippen LogP contribution in [0.5, 0.6) is 5.75 Å².